The molecule has 41 heavy (non-hydrogen) atoms. The van der Waals surface area contributed by atoms with Crippen LogP contribution in [-0.4, -0.2) is 30.9 Å². The molecule has 1 aliphatic heterocycles. The molecule has 1 aromatic heterocycles. The summed E-state index contributed by atoms with van der Waals surface area (Å²) in [4.78, 5) is 43.7. The summed E-state index contributed by atoms with van der Waals surface area (Å²) in [5.41, 5.74) is 7.91. The van der Waals surface area contributed by atoms with E-state index in [9.17, 15) is 23.2 Å². The van der Waals surface area contributed by atoms with E-state index in [0.717, 1.165) is 4.88 Å². The van der Waals surface area contributed by atoms with Gasteiger partial charge in [0.15, 0.2) is 5.78 Å². The Labute approximate surface area is 239 Å². The molecule has 2 N–H and O–H groups in total. The summed E-state index contributed by atoms with van der Waals surface area (Å²) in [5, 5.41) is 1.85. The quantitative estimate of drug-likeness (QED) is 0.290. The number of halogens is 2. The van der Waals surface area contributed by atoms with Crippen LogP contribution in [0.15, 0.2) is 88.7 Å². The number of esters is 2. The van der Waals surface area contributed by atoms with E-state index in [0.29, 0.717) is 16.9 Å². The number of rotatable bonds is 7. The molecule has 3 atom stereocenters. The maximum Gasteiger partial charge on any atom is 0.338 e. The summed E-state index contributed by atoms with van der Waals surface area (Å²) in [6.45, 7) is 3.39. The van der Waals surface area contributed by atoms with Crippen molar-refractivity contribution in [3.05, 3.63) is 111 Å². The number of nitrogens with zero attached hydrogens (tertiary/aromatic N) is 1. The lowest BCUT2D eigenvalue weighted by Gasteiger charge is -2.43. The Morgan fingerprint density at radius 2 is 1.73 bits per heavy atom. The van der Waals surface area contributed by atoms with Gasteiger partial charge in [0.25, 0.3) is 0 Å². The van der Waals surface area contributed by atoms with E-state index in [2.05, 4.69) is 0 Å². The van der Waals surface area contributed by atoms with Crippen LogP contribution in [0, 0.1) is 17.6 Å². The second-order valence-electron chi connectivity index (χ2n) is 9.60. The molecule has 10 heteroatoms. The molecule has 0 amide bonds. The van der Waals surface area contributed by atoms with Crippen LogP contribution in [0.25, 0.3) is 0 Å². The standard InChI is InChI=1S/C31H28F2N2O5S/c1-3-39-30(37)25-21(23-9-6-14-41-23)16-22-26(28(25)36)24(17-10-12-18(32)13-11-17)27(31(38)40-4-2)29(34)35(22)20-8-5-7-19(33)15-20/h5-15,21,24-25H,3-4,16,34H2,1-2H3. The number of benzene rings is 2. The number of hydrogen-bond acceptors (Lipinski definition) is 8. The minimum absolute atomic E-state index is 0.0253. The van der Waals surface area contributed by atoms with Crippen molar-refractivity contribution in [2.75, 3.05) is 18.1 Å². The molecule has 3 aromatic rings. The fourth-order valence-electron chi connectivity index (χ4n) is 5.61. The van der Waals surface area contributed by atoms with E-state index in [1.807, 2.05) is 17.5 Å². The van der Waals surface area contributed by atoms with Crippen molar-refractivity contribution >= 4 is 34.7 Å². The van der Waals surface area contributed by atoms with Gasteiger partial charge in [-0.15, -0.1) is 11.3 Å². The Kier molecular flexibility index (Phi) is 8.03. The van der Waals surface area contributed by atoms with Crippen molar-refractivity contribution in [3.63, 3.8) is 0 Å². The molecule has 2 aromatic carbocycles. The minimum Gasteiger partial charge on any atom is -0.465 e. The van der Waals surface area contributed by atoms with Crippen molar-refractivity contribution in [1.29, 1.82) is 0 Å². The van der Waals surface area contributed by atoms with Crippen molar-refractivity contribution in [1.82, 2.24) is 0 Å². The second kappa shape index (κ2) is 11.7. The topological polar surface area (TPSA) is 98.9 Å². The molecule has 0 saturated heterocycles. The maximum atomic E-state index is 14.6. The molecule has 0 radical (unpaired) electrons. The van der Waals surface area contributed by atoms with Gasteiger partial charge in [-0.3, -0.25) is 14.5 Å². The van der Waals surface area contributed by atoms with Crippen molar-refractivity contribution in [2.24, 2.45) is 11.7 Å². The molecule has 0 bridgehead atoms. The van der Waals surface area contributed by atoms with Gasteiger partial charge >= 0.3 is 11.9 Å². The van der Waals surface area contributed by atoms with Gasteiger partial charge in [-0.2, -0.15) is 0 Å². The summed E-state index contributed by atoms with van der Waals surface area (Å²) >= 11 is 1.40. The van der Waals surface area contributed by atoms with Crippen molar-refractivity contribution in [2.45, 2.75) is 32.1 Å². The molecule has 0 spiro atoms. The minimum atomic E-state index is -1.20. The fourth-order valence-corrected chi connectivity index (χ4v) is 6.47. The van der Waals surface area contributed by atoms with Gasteiger partial charge in [0, 0.05) is 22.1 Å². The SMILES string of the molecule is CCOC(=O)C1=C(N)N(c2cccc(F)c2)C2=C(C(=O)C(C(=O)OCC)C(c3cccs3)C2)C1c1ccc(F)cc1. The third-order valence-electron chi connectivity index (χ3n) is 7.25. The molecule has 1 aliphatic carbocycles. The predicted molar refractivity (Wildman–Crippen MR) is 150 cm³/mol. The number of carbonyl (C=O) groups is 3. The Morgan fingerprint density at radius 3 is 2.37 bits per heavy atom. The summed E-state index contributed by atoms with van der Waals surface area (Å²) < 4.78 is 39.2. The Balaban J connectivity index is 1.82. The number of ether oxygens (including phenoxy) is 2. The van der Waals surface area contributed by atoms with Gasteiger partial charge in [0.05, 0.1) is 30.4 Å². The van der Waals surface area contributed by atoms with Crippen LogP contribution in [-0.2, 0) is 23.9 Å². The number of nitrogens with two attached hydrogens (primary N) is 1. The van der Waals surface area contributed by atoms with Gasteiger partial charge in [-0.25, -0.2) is 13.6 Å². The highest BCUT2D eigenvalue weighted by molar-refractivity contribution is 7.10. The van der Waals surface area contributed by atoms with Crippen LogP contribution >= 0.6 is 11.3 Å². The van der Waals surface area contributed by atoms with E-state index in [-0.39, 0.29) is 36.6 Å². The van der Waals surface area contributed by atoms with E-state index in [1.165, 1.54) is 58.7 Å². The number of hydrogen-bond donors (Lipinski definition) is 1. The monoisotopic (exact) mass is 578 g/mol. The molecular formula is C31H28F2N2O5S. The molecule has 2 aliphatic rings. The van der Waals surface area contributed by atoms with Crippen LogP contribution in [0.3, 0.4) is 0 Å². The van der Waals surface area contributed by atoms with Crippen molar-refractivity contribution in [3.8, 4) is 0 Å². The highest BCUT2D eigenvalue weighted by Crippen LogP contribution is 2.52. The van der Waals surface area contributed by atoms with E-state index < -0.39 is 47.1 Å². The Bertz CT molecular complexity index is 1550. The van der Waals surface area contributed by atoms with Gasteiger partial charge in [0.1, 0.15) is 23.4 Å². The number of ketones is 1. The lowest BCUT2D eigenvalue weighted by molar-refractivity contribution is -0.152. The number of carbonyl (C=O) groups excluding carboxylic acids is 3. The normalized spacial score (nSPS) is 20.6. The highest BCUT2D eigenvalue weighted by atomic mass is 32.1. The van der Waals surface area contributed by atoms with Crippen molar-refractivity contribution < 1.29 is 32.6 Å². The number of thiophene rings is 1. The van der Waals surface area contributed by atoms with Crippen LogP contribution in [0.1, 0.15) is 42.5 Å². The lowest BCUT2D eigenvalue weighted by atomic mass is 9.68. The first-order valence-corrected chi connectivity index (χ1v) is 14.1. The molecule has 212 valence electrons. The van der Waals surface area contributed by atoms with Crippen LogP contribution in [0.5, 0.6) is 0 Å². The molecular weight excluding hydrogens is 550 g/mol. The smallest absolute Gasteiger partial charge is 0.338 e. The zero-order chi connectivity index (χ0) is 29.3. The first kappa shape index (κ1) is 28.2. The maximum absolute atomic E-state index is 14.6. The largest absolute Gasteiger partial charge is 0.465 e. The highest BCUT2D eigenvalue weighted by Gasteiger charge is 2.51. The summed E-state index contributed by atoms with van der Waals surface area (Å²) in [6, 6.07) is 14.7. The van der Waals surface area contributed by atoms with Gasteiger partial charge in [0.2, 0.25) is 0 Å². The molecule has 7 nitrogen and oxygen atoms in total. The molecule has 0 fully saturated rings. The molecule has 5 rings (SSSR count). The first-order valence-electron chi connectivity index (χ1n) is 13.2. The van der Waals surface area contributed by atoms with Crippen LogP contribution < -0.4 is 10.6 Å². The van der Waals surface area contributed by atoms with E-state index in [1.54, 1.807) is 19.9 Å². The second-order valence-corrected chi connectivity index (χ2v) is 10.6. The van der Waals surface area contributed by atoms with Crippen LogP contribution in [0.4, 0.5) is 14.5 Å². The Morgan fingerprint density at radius 1 is 1.00 bits per heavy atom. The molecule has 3 unspecified atom stereocenters. The predicted octanol–water partition coefficient (Wildman–Crippen LogP) is 5.55. The summed E-state index contributed by atoms with van der Waals surface area (Å²) in [5.74, 6) is -5.98. The number of allylic oxidation sites excluding steroid dienone is 2. The average molecular weight is 579 g/mol. The van der Waals surface area contributed by atoms with Gasteiger partial charge in [-0.05, 0) is 67.6 Å². The third-order valence-corrected chi connectivity index (χ3v) is 8.26. The zero-order valence-corrected chi connectivity index (χ0v) is 23.3. The lowest BCUT2D eigenvalue weighted by Crippen LogP contribution is -2.46. The van der Waals surface area contributed by atoms with E-state index >= 15 is 0 Å². The number of anilines is 1. The van der Waals surface area contributed by atoms with E-state index in [4.69, 9.17) is 15.2 Å². The summed E-state index contributed by atoms with van der Waals surface area (Å²) in [7, 11) is 0. The van der Waals surface area contributed by atoms with Crippen LogP contribution in [0.2, 0.25) is 0 Å². The molecule has 2 heterocycles. The van der Waals surface area contributed by atoms with Gasteiger partial charge < -0.3 is 15.2 Å². The fraction of sp³-hybridized carbons (Fsp3) is 0.258. The summed E-state index contributed by atoms with van der Waals surface area (Å²) in [6.07, 6.45) is 0.163. The third kappa shape index (κ3) is 5.15. The van der Waals surface area contributed by atoms with Gasteiger partial charge in [-0.1, -0.05) is 24.3 Å². The Hall–Kier alpha value is -4.31. The average Bonchev–Trinajstić information content (AvgIpc) is 3.48. The molecule has 0 saturated carbocycles. The zero-order valence-electron chi connectivity index (χ0n) is 22.4. The first-order chi connectivity index (χ1) is 19.8. The number of Topliss-reactive ketones (excluding diaryl/α,β-unsaturated/α-hetero) is 1.